The van der Waals surface area contributed by atoms with Crippen LogP contribution >= 0.6 is 0 Å². The molecule has 2 aromatic carbocycles. The minimum atomic E-state index is -0.520. The molecule has 1 saturated heterocycles. The largest absolute Gasteiger partial charge is 0.444 e. The van der Waals surface area contributed by atoms with Gasteiger partial charge in [-0.3, -0.25) is 4.90 Å². The molecular formula is C23H24FN5O3. The van der Waals surface area contributed by atoms with Crippen molar-refractivity contribution in [3.63, 3.8) is 0 Å². The highest BCUT2D eigenvalue weighted by molar-refractivity contribution is 5.90. The van der Waals surface area contributed by atoms with Crippen LogP contribution in [0.2, 0.25) is 0 Å². The Labute approximate surface area is 184 Å². The predicted molar refractivity (Wildman–Crippen MR) is 116 cm³/mol. The van der Waals surface area contributed by atoms with Gasteiger partial charge in [-0.15, -0.1) is 0 Å². The van der Waals surface area contributed by atoms with Crippen LogP contribution in [-0.2, 0) is 22.6 Å². The zero-order chi connectivity index (χ0) is 22.5. The molecule has 166 valence electrons. The van der Waals surface area contributed by atoms with E-state index in [-0.39, 0.29) is 11.9 Å². The first-order valence-electron chi connectivity index (χ1n) is 10.4. The Morgan fingerprint density at radius 3 is 2.75 bits per heavy atom. The summed E-state index contributed by atoms with van der Waals surface area (Å²) in [4.78, 5) is 24.7. The Hall–Kier alpha value is -3.59. The van der Waals surface area contributed by atoms with Gasteiger partial charge in [0.25, 0.3) is 0 Å². The molecule has 32 heavy (non-hydrogen) atoms. The number of halogens is 1. The quantitative estimate of drug-likeness (QED) is 0.531. The van der Waals surface area contributed by atoms with Crippen LogP contribution in [-0.4, -0.2) is 39.9 Å². The molecule has 0 bridgehead atoms. The van der Waals surface area contributed by atoms with Crippen LogP contribution in [0.4, 0.5) is 14.9 Å². The molecular weight excluding hydrogens is 413 g/mol. The molecule has 4 rings (SSSR count). The molecule has 0 unspecified atom stereocenters. The van der Waals surface area contributed by atoms with Crippen molar-refractivity contribution in [1.82, 2.24) is 20.7 Å². The molecule has 0 radical (unpaired) electrons. The van der Waals surface area contributed by atoms with E-state index >= 15 is 0 Å². The van der Waals surface area contributed by atoms with Crippen molar-refractivity contribution in [2.45, 2.75) is 39.0 Å². The summed E-state index contributed by atoms with van der Waals surface area (Å²) in [6.45, 7) is 3.06. The number of anilines is 1. The zero-order valence-corrected chi connectivity index (χ0v) is 17.7. The van der Waals surface area contributed by atoms with Gasteiger partial charge in [0.05, 0.1) is 24.1 Å². The predicted octanol–water partition coefficient (Wildman–Crippen LogP) is 3.60. The fraction of sp³-hybridized carbons (Fsp3) is 0.304. The van der Waals surface area contributed by atoms with Crippen molar-refractivity contribution in [1.29, 1.82) is 0 Å². The Morgan fingerprint density at radius 1 is 1.25 bits per heavy atom. The lowest BCUT2D eigenvalue weighted by molar-refractivity contribution is -0.117. The second-order valence-corrected chi connectivity index (χ2v) is 7.78. The maximum absolute atomic E-state index is 14.9. The summed E-state index contributed by atoms with van der Waals surface area (Å²) < 4.78 is 20.2. The molecule has 2 N–H and O–H groups in total. The second-order valence-electron chi connectivity index (χ2n) is 7.78. The average Bonchev–Trinajstić information content (AvgIpc) is 3.42. The van der Waals surface area contributed by atoms with E-state index in [1.165, 1.54) is 17.9 Å². The number of ether oxygens (including phenoxy) is 1. The van der Waals surface area contributed by atoms with Gasteiger partial charge < -0.3 is 14.8 Å². The number of hydrogen-bond donors (Lipinski definition) is 2. The number of ketones is 1. The van der Waals surface area contributed by atoms with Crippen LogP contribution in [0.25, 0.3) is 11.1 Å². The van der Waals surface area contributed by atoms with E-state index in [0.29, 0.717) is 43.7 Å². The van der Waals surface area contributed by atoms with Crippen molar-refractivity contribution in [3.05, 3.63) is 65.7 Å². The summed E-state index contributed by atoms with van der Waals surface area (Å²) in [5, 5.41) is 13.6. The third-order valence-corrected chi connectivity index (χ3v) is 5.32. The van der Waals surface area contributed by atoms with Gasteiger partial charge in [-0.2, -0.15) is 15.4 Å². The number of benzene rings is 2. The number of carbonyl (C=O) groups is 2. The van der Waals surface area contributed by atoms with Crippen molar-refractivity contribution < 1.29 is 18.7 Å². The lowest BCUT2D eigenvalue weighted by Gasteiger charge is -2.14. The summed E-state index contributed by atoms with van der Waals surface area (Å²) in [5.41, 5.74) is 3.53. The normalized spacial score (nSPS) is 15.8. The van der Waals surface area contributed by atoms with E-state index in [0.717, 1.165) is 16.8 Å². The van der Waals surface area contributed by atoms with Crippen LogP contribution in [0, 0.1) is 5.82 Å². The second kappa shape index (κ2) is 9.69. The minimum Gasteiger partial charge on any atom is -0.444 e. The fourth-order valence-corrected chi connectivity index (χ4v) is 3.60. The van der Waals surface area contributed by atoms with Gasteiger partial charge in [0, 0.05) is 25.1 Å². The Kier molecular flexibility index (Phi) is 6.55. The van der Waals surface area contributed by atoms with Gasteiger partial charge in [0.15, 0.2) is 0 Å². The van der Waals surface area contributed by atoms with Crippen LogP contribution in [0.5, 0.6) is 0 Å². The molecule has 1 aliphatic rings. The maximum Gasteiger partial charge on any atom is 0.414 e. The number of Topliss-reactive ketones (excluding diaryl/α,β-unsaturated/α-hetero) is 1. The number of rotatable bonds is 9. The van der Waals surface area contributed by atoms with Crippen LogP contribution in [0.15, 0.2) is 48.7 Å². The standard InChI is InChI=1S/C23H24FN5O3/c1-15(30)2-8-20-14-29(23(31)32-20)19-7-9-21(22(24)10-19)17-5-3-16(4-6-17)11-25-12-18-13-26-28-27-18/h3-7,9-10,13,20,25H,2,8,11-12,14H2,1H3,(H,26,27,28)/t20-/m0/s1. The average molecular weight is 437 g/mol. The fourth-order valence-electron chi connectivity index (χ4n) is 3.60. The number of H-pyrrole nitrogens is 1. The number of hydrogen-bond acceptors (Lipinski definition) is 6. The van der Waals surface area contributed by atoms with E-state index in [2.05, 4.69) is 20.7 Å². The highest BCUT2D eigenvalue weighted by Crippen LogP contribution is 2.30. The topological polar surface area (TPSA) is 100 Å². The van der Waals surface area contributed by atoms with E-state index in [4.69, 9.17) is 4.74 Å². The Morgan fingerprint density at radius 2 is 2.06 bits per heavy atom. The van der Waals surface area contributed by atoms with Crippen molar-refractivity contribution >= 4 is 17.6 Å². The molecule has 1 atom stereocenters. The third kappa shape index (κ3) is 5.17. The SMILES string of the molecule is CC(=O)CC[C@H]1CN(c2ccc(-c3ccc(CNCc4cn[nH]n4)cc3)c(F)c2)C(=O)O1. The summed E-state index contributed by atoms with van der Waals surface area (Å²) in [5.74, 6) is -0.369. The Bertz CT molecular complexity index is 1090. The molecule has 0 aliphatic carbocycles. The summed E-state index contributed by atoms with van der Waals surface area (Å²) in [7, 11) is 0. The highest BCUT2D eigenvalue weighted by Gasteiger charge is 2.32. The molecule has 1 aliphatic heterocycles. The first-order chi connectivity index (χ1) is 15.5. The van der Waals surface area contributed by atoms with Crippen molar-refractivity contribution in [2.75, 3.05) is 11.4 Å². The maximum atomic E-state index is 14.9. The summed E-state index contributed by atoms with van der Waals surface area (Å²) in [6.07, 6.45) is 1.60. The monoisotopic (exact) mass is 437 g/mol. The van der Waals surface area contributed by atoms with Crippen LogP contribution in [0.3, 0.4) is 0 Å². The molecule has 8 nitrogen and oxygen atoms in total. The molecule has 3 aromatic rings. The Balaban J connectivity index is 1.38. The van der Waals surface area contributed by atoms with Gasteiger partial charge >= 0.3 is 6.09 Å². The molecule has 2 heterocycles. The van der Waals surface area contributed by atoms with Crippen molar-refractivity contribution in [2.24, 2.45) is 0 Å². The number of carbonyl (C=O) groups excluding carboxylic acids is 2. The van der Waals surface area contributed by atoms with E-state index in [1.807, 2.05) is 24.3 Å². The molecule has 1 amide bonds. The van der Waals surface area contributed by atoms with Gasteiger partial charge in [0.2, 0.25) is 0 Å². The molecule has 1 aromatic heterocycles. The lowest BCUT2D eigenvalue weighted by atomic mass is 10.0. The number of aromatic nitrogens is 3. The molecule has 0 saturated carbocycles. The van der Waals surface area contributed by atoms with Gasteiger partial charge in [-0.05, 0) is 42.7 Å². The van der Waals surface area contributed by atoms with Gasteiger partial charge in [-0.1, -0.05) is 24.3 Å². The first-order valence-corrected chi connectivity index (χ1v) is 10.4. The number of aromatic amines is 1. The van der Waals surface area contributed by atoms with Crippen LogP contribution < -0.4 is 10.2 Å². The van der Waals surface area contributed by atoms with Gasteiger partial charge in [-0.25, -0.2) is 9.18 Å². The third-order valence-electron chi connectivity index (χ3n) is 5.32. The summed E-state index contributed by atoms with van der Waals surface area (Å²) in [6, 6.07) is 12.3. The lowest BCUT2D eigenvalue weighted by Crippen LogP contribution is -2.24. The molecule has 9 heteroatoms. The minimum absolute atomic E-state index is 0.0478. The number of cyclic esters (lactones) is 1. The van der Waals surface area contributed by atoms with Gasteiger partial charge in [0.1, 0.15) is 17.7 Å². The van der Waals surface area contributed by atoms with Crippen LogP contribution in [0.1, 0.15) is 31.0 Å². The van der Waals surface area contributed by atoms with E-state index in [9.17, 15) is 14.0 Å². The van der Waals surface area contributed by atoms with E-state index in [1.54, 1.807) is 18.3 Å². The van der Waals surface area contributed by atoms with Crippen molar-refractivity contribution in [3.8, 4) is 11.1 Å². The zero-order valence-electron chi connectivity index (χ0n) is 17.7. The first kappa shape index (κ1) is 21.6. The molecule has 1 fully saturated rings. The molecule has 0 spiro atoms. The smallest absolute Gasteiger partial charge is 0.414 e. The number of nitrogens with one attached hydrogen (secondary N) is 2. The number of nitrogens with zero attached hydrogens (tertiary/aromatic N) is 3. The van der Waals surface area contributed by atoms with E-state index < -0.39 is 11.9 Å². The summed E-state index contributed by atoms with van der Waals surface area (Å²) >= 11 is 0. The highest BCUT2D eigenvalue weighted by atomic mass is 19.1. The number of amides is 1.